The van der Waals surface area contributed by atoms with Crippen molar-refractivity contribution in [3.8, 4) is 22.7 Å². The summed E-state index contributed by atoms with van der Waals surface area (Å²) in [5.74, 6) is 0.351. The smallest absolute Gasteiger partial charge is 0.243 e. The first-order valence-electron chi connectivity index (χ1n) is 11.5. The van der Waals surface area contributed by atoms with Gasteiger partial charge in [-0.2, -0.15) is 4.31 Å². The van der Waals surface area contributed by atoms with E-state index in [-0.39, 0.29) is 11.4 Å². The first kappa shape index (κ1) is 25.2. The fourth-order valence-corrected chi connectivity index (χ4v) is 5.33. The lowest BCUT2D eigenvalue weighted by Crippen LogP contribution is -2.42. The van der Waals surface area contributed by atoms with E-state index in [4.69, 9.17) is 4.74 Å². The maximum absolute atomic E-state index is 13.3. The third-order valence-corrected chi connectivity index (χ3v) is 7.64. The maximum Gasteiger partial charge on any atom is 0.243 e. The van der Waals surface area contributed by atoms with Crippen molar-refractivity contribution in [1.29, 1.82) is 0 Å². The number of hydrogen-bond donors (Lipinski definition) is 1. The van der Waals surface area contributed by atoms with Crippen LogP contribution >= 0.6 is 0 Å². The summed E-state index contributed by atoms with van der Waals surface area (Å²) < 4.78 is 34.7. The van der Waals surface area contributed by atoms with Gasteiger partial charge in [0.25, 0.3) is 0 Å². The molecule has 9 heteroatoms. The van der Waals surface area contributed by atoms with E-state index in [2.05, 4.69) is 10.3 Å². The van der Waals surface area contributed by atoms with E-state index >= 15 is 0 Å². The number of carbonyl (C=O) groups excluding carboxylic acids is 1. The molecule has 1 aromatic heterocycles. The van der Waals surface area contributed by atoms with Crippen molar-refractivity contribution in [3.05, 3.63) is 91.1 Å². The summed E-state index contributed by atoms with van der Waals surface area (Å²) in [5, 5.41) is 2.81. The number of sulfonamides is 1. The van der Waals surface area contributed by atoms with Crippen LogP contribution in [0.4, 0.5) is 5.95 Å². The molecule has 1 amide bonds. The zero-order valence-corrected chi connectivity index (χ0v) is 21.1. The largest absolute Gasteiger partial charge is 0.497 e. The van der Waals surface area contributed by atoms with Crippen LogP contribution in [0.25, 0.3) is 16.9 Å². The number of amides is 1. The molecule has 8 nitrogen and oxygen atoms in total. The molecule has 0 aliphatic carbocycles. The Morgan fingerprint density at radius 1 is 0.972 bits per heavy atom. The van der Waals surface area contributed by atoms with Gasteiger partial charge in [0.2, 0.25) is 21.9 Å². The summed E-state index contributed by atoms with van der Waals surface area (Å²) >= 11 is 0. The van der Waals surface area contributed by atoms with Gasteiger partial charge < -0.3 is 4.74 Å². The number of ether oxygens (including phenoxy) is 1. The summed E-state index contributed by atoms with van der Waals surface area (Å²) in [5.41, 5.74) is 2.39. The Bertz CT molecular complexity index is 1420. The van der Waals surface area contributed by atoms with Gasteiger partial charge in [0, 0.05) is 23.5 Å². The van der Waals surface area contributed by atoms with Crippen molar-refractivity contribution in [2.75, 3.05) is 19.0 Å². The quantitative estimate of drug-likeness (QED) is 0.360. The number of carbonyl (C=O) groups is 1. The number of methoxy groups -OCH3 is 1. The molecule has 36 heavy (non-hydrogen) atoms. The molecule has 0 fully saturated rings. The highest BCUT2D eigenvalue weighted by Crippen LogP contribution is 2.25. The van der Waals surface area contributed by atoms with Crippen LogP contribution in [0.2, 0.25) is 0 Å². The average Bonchev–Trinajstić information content (AvgIpc) is 3.31. The number of anilines is 1. The first-order chi connectivity index (χ1) is 17.3. The minimum absolute atomic E-state index is 0.0851. The van der Waals surface area contributed by atoms with Crippen LogP contribution in [0.5, 0.6) is 5.75 Å². The molecule has 186 valence electrons. The second-order valence-corrected chi connectivity index (χ2v) is 10.3. The van der Waals surface area contributed by atoms with E-state index in [1.807, 2.05) is 66.9 Å². The Balaban J connectivity index is 1.62. The van der Waals surface area contributed by atoms with Crippen molar-refractivity contribution in [1.82, 2.24) is 13.9 Å². The molecule has 0 atom stereocenters. The minimum Gasteiger partial charge on any atom is -0.497 e. The highest BCUT2D eigenvalue weighted by molar-refractivity contribution is 7.89. The standard InChI is InChI=1S/C27H28N4O4S/c1-20(2)31(36(33,34)24-16-14-23(35-3)15-17-24)19-26(32)29-27-28-25(21-10-6-4-7-11-21)18-30(27)22-12-8-5-9-13-22/h4-18,20H,19H2,1-3H3,(H,28,29,32). The Hall–Kier alpha value is -3.95. The van der Waals surface area contributed by atoms with Gasteiger partial charge in [-0.15, -0.1) is 0 Å². The van der Waals surface area contributed by atoms with E-state index in [0.717, 1.165) is 15.6 Å². The van der Waals surface area contributed by atoms with Gasteiger partial charge in [-0.05, 0) is 50.2 Å². The predicted octanol–water partition coefficient (Wildman–Crippen LogP) is 4.59. The number of nitrogens with zero attached hydrogens (tertiary/aromatic N) is 3. The van der Waals surface area contributed by atoms with Crippen LogP contribution in [0.1, 0.15) is 13.8 Å². The van der Waals surface area contributed by atoms with Crippen LogP contribution in [0, 0.1) is 0 Å². The molecule has 0 aliphatic heterocycles. The van der Waals surface area contributed by atoms with Gasteiger partial charge in [-0.25, -0.2) is 13.4 Å². The van der Waals surface area contributed by atoms with Gasteiger partial charge >= 0.3 is 0 Å². The van der Waals surface area contributed by atoms with Gasteiger partial charge in [0.1, 0.15) is 5.75 Å². The van der Waals surface area contributed by atoms with Crippen molar-refractivity contribution < 1.29 is 17.9 Å². The van der Waals surface area contributed by atoms with Crippen LogP contribution in [0.3, 0.4) is 0 Å². The summed E-state index contributed by atoms with van der Waals surface area (Å²) in [4.78, 5) is 17.9. The van der Waals surface area contributed by atoms with E-state index < -0.39 is 22.0 Å². The Morgan fingerprint density at radius 3 is 2.17 bits per heavy atom. The number of benzene rings is 3. The molecule has 1 heterocycles. The maximum atomic E-state index is 13.3. The van der Waals surface area contributed by atoms with E-state index in [9.17, 15) is 13.2 Å². The summed E-state index contributed by atoms with van der Waals surface area (Å²) in [6.45, 7) is 3.09. The normalized spacial score (nSPS) is 11.6. The van der Waals surface area contributed by atoms with Gasteiger partial charge in [-0.3, -0.25) is 14.7 Å². The topological polar surface area (TPSA) is 93.5 Å². The molecular weight excluding hydrogens is 476 g/mol. The fourth-order valence-electron chi connectivity index (χ4n) is 3.74. The number of imidazole rings is 1. The zero-order chi connectivity index (χ0) is 25.7. The first-order valence-corrected chi connectivity index (χ1v) is 12.9. The Labute approximate surface area is 211 Å². The van der Waals surface area contributed by atoms with Crippen LogP contribution < -0.4 is 10.1 Å². The van der Waals surface area contributed by atoms with Gasteiger partial charge in [-0.1, -0.05) is 48.5 Å². The highest BCUT2D eigenvalue weighted by Gasteiger charge is 2.29. The molecule has 0 saturated carbocycles. The van der Waals surface area contributed by atoms with E-state index in [1.54, 1.807) is 30.5 Å². The molecule has 0 bridgehead atoms. The molecule has 0 spiro atoms. The lowest BCUT2D eigenvalue weighted by atomic mass is 10.2. The average molecular weight is 505 g/mol. The van der Waals surface area contributed by atoms with Crippen molar-refractivity contribution in [2.45, 2.75) is 24.8 Å². The number of aromatic nitrogens is 2. The number of para-hydroxylation sites is 1. The summed E-state index contributed by atoms with van der Waals surface area (Å²) in [7, 11) is -2.41. The monoisotopic (exact) mass is 504 g/mol. The zero-order valence-electron chi connectivity index (χ0n) is 20.3. The highest BCUT2D eigenvalue weighted by atomic mass is 32.2. The van der Waals surface area contributed by atoms with Gasteiger partial charge in [0.05, 0.1) is 24.2 Å². The lowest BCUT2D eigenvalue weighted by Gasteiger charge is -2.25. The third kappa shape index (κ3) is 5.48. The summed E-state index contributed by atoms with van der Waals surface area (Å²) in [6.07, 6.45) is 1.84. The molecule has 0 radical (unpaired) electrons. The second kappa shape index (κ2) is 10.8. The number of nitrogens with one attached hydrogen (secondary N) is 1. The number of hydrogen-bond acceptors (Lipinski definition) is 5. The molecule has 1 N–H and O–H groups in total. The van der Waals surface area contributed by atoms with Gasteiger partial charge in [0.15, 0.2) is 0 Å². The molecule has 4 rings (SSSR count). The minimum atomic E-state index is -3.92. The summed E-state index contributed by atoms with van der Waals surface area (Å²) in [6, 6.07) is 24.8. The van der Waals surface area contributed by atoms with Crippen molar-refractivity contribution >= 4 is 21.9 Å². The van der Waals surface area contributed by atoms with Crippen molar-refractivity contribution in [3.63, 3.8) is 0 Å². The van der Waals surface area contributed by atoms with Crippen molar-refractivity contribution in [2.24, 2.45) is 0 Å². The molecule has 0 saturated heterocycles. The fraction of sp³-hybridized carbons (Fsp3) is 0.185. The van der Waals surface area contributed by atoms with E-state index in [0.29, 0.717) is 17.4 Å². The molecular formula is C27H28N4O4S. The Morgan fingerprint density at radius 2 is 1.58 bits per heavy atom. The van der Waals surface area contributed by atoms with Crippen LogP contribution in [-0.4, -0.2) is 47.9 Å². The third-order valence-electron chi connectivity index (χ3n) is 5.60. The molecule has 0 aliphatic rings. The van der Waals surface area contributed by atoms with Crippen LogP contribution in [0.15, 0.2) is 96.0 Å². The van der Waals surface area contributed by atoms with Crippen LogP contribution in [-0.2, 0) is 14.8 Å². The molecule has 4 aromatic rings. The van der Waals surface area contributed by atoms with E-state index in [1.165, 1.54) is 19.2 Å². The predicted molar refractivity (Wildman–Crippen MR) is 140 cm³/mol. The second-order valence-electron chi connectivity index (χ2n) is 8.39. The number of rotatable bonds is 9. The lowest BCUT2D eigenvalue weighted by molar-refractivity contribution is -0.116. The molecule has 3 aromatic carbocycles. The SMILES string of the molecule is COc1ccc(S(=O)(=O)N(CC(=O)Nc2nc(-c3ccccc3)cn2-c2ccccc2)C(C)C)cc1. The Kier molecular flexibility index (Phi) is 7.52. The molecule has 0 unspecified atom stereocenters.